The lowest BCUT2D eigenvalue weighted by molar-refractivity contribution is 0.108. The maximum atomic E-state index is 12.6. The summed E-state index contributed by atoms with van der Waals surface area (Å²) in [5, 5.41) is 0.549. The third kappa shape index (κ3) is 5.23. The first-order valence-corrected chi connectivity index (χ1v) is 10.4. The molecular weight excluding hydrogens is 415 g/mol. The van der Waals surface area contributed by atoms with E-state index in [1.807, 2.05) is 0 Å². The van der Waals surface area contributed by atoms with E-state index in [-0.39, 0.29) is 14.9 Å². The molecule has 0 aliphatic carbocycles. The highest BCUT2D eigenvalue weighted by Crippen LogP contribution is 2.34. The molecule has 0 saturated heterocycles. The van der Waals surface area contributed by atoms with E-state index in [4.69, 9.17) is 23.2 Å². The summed E-state index contributed by atoms with van der Waals surface area (Å²) in [4.78, 5) is 14.2. The molecule has 0 saturated carbocycles. The SMILES string of the molecule is Cc1cc(S(=O)(=O)/N=C/N(C)C)c(SC(=O)c2ccc(Cl)cc2)cc1Cl. The van der Waals surface area contributed by atoms with Gasteiger partial charge in [0.1, 0.15) is 11.2 Å². The van der Waals surface area contributed by atoms with Crippen LogP contribution < -0.4 is 0 Å². The van der Waals surface area contributed by atoms with Gasteiger partial charge in [-0.2, -0.15) is 8.42 Å². The topological polar surface area (TPSA) is 66.8 Å². The quantitative estimate of drug-likeness (QED) is 0.396. The number of rotatable bonds is 5. The Balaban J connectivity index is 2.46. The van der Waals surface area contributed by atoms with E-state index >= 15 is 0 Å². The predicted molar refractivity (Wildman–Crippen MR) is 107 cm³/mol. The van der Waals surface area contributed by atoms with Crippen molar-refractivity contribution in [2.45, 2.75) is 16.7 Å². The summed E-state index contributed by atoms with van der Waals surface area (Å²) in [6, 6.07) is 9.22. The second-order valence-corrected chi connectivity index (χ2v) is 9.06. The Hall–Kier alpha value is -1.54. The normalized spacial score (nSPS) is 11.7. The van der Waals surface area contributed by atoms with Crippen LogP contribution in [0.1, 0.15) is 15.9 Å². The lowest BCUT2D eigenvalue weighted by atomic mass is 10.2. The molecule has 26 heavy (non-hydrogen) atoms. The summed E-state index contributed by atoms with van der Waals surface area (Å²) < 4.78 is 28.8. The molecule has 5 nitrogen and oxygen atoms in total. The molecule has 0 spiro atoms. The Morgan fingerprint density at radius 2 is 1.77 bits per heavy atom. The summed E-state index contributed by atoms with van der Waals surface area (Å²) in [7, 11) is -0.668. The summed E-state index contributed by atoms with van der Waals surface area (Å²) in [6.45, 7) is 1.69. The van der Waals surface area contributed by atoms with Crippen molar-refractivity contribution in [3.05, 3.63) is 57.6 Å². The average molecular weight is 431 g/mol. The van der Waals surface area contributed by atoms with Gasteiger partial charge in [-0.3, -0.25) is 4.79 Å². The minimum atomic E-state index is -3.98. The van der Waals surface area contributed by atoms with Gasteiger partial charge >= 0.3 is 0 Å². The lowest BCUT2D eigenvalue weighted by Gasteiger charge is -2.10. The van der Waals surface area contributed by atoms with Gasteiger partial charge in [0.05, 0.1) is 0 Å². The van der Waals surface area contributed by atoms with Crippen LogP contribution in [0.15, 0.2) is 50.6 Å². The molecule has 2 aromatic carbocycles. The number of hydrogen-bond donors (Lipinski definition) is 0. The number of carbonyl (C=O) groups is 1. The van der Waals surface area contributed by atoms with Crippen molar-refractivity contribution < 1.29 is 13.2 Å². The summed E-state index contributed by atoms with van der Waals surface area (Å²) in [6.07, 6.45) is 1.19. The van der Waals surface area contributed by atoms with Gasteiger partial charge in [-0.15, -0.1) is 4.40 Å². The van der Waals surface area contributed by atoms with Crippen LogP contribution in [0, 0.1) is 6.92 Å². The molecule has 0 heterocycles. The van der Waals surface area contributed by atoms with Gasteiger partial charge in [0.2, 0.25) is 5.12 Å². The number of benzene rings is 2. The smallest absolute Gasteiger partial charge is 0.284 e. The van der Waals surface area contributed by atoms with Crippen molar-refractivity contribution in [3.8, 4) is 0 Å². The zero-order valence-electron chi connectivity index (χ0n) is 14.2. The van der Waals surface area contributed by atoms with Gasteiger partial charge in [-0.25, -0.2) is 0 Å². The predicted octanol–water partition coefficient (Wildman–Crippen LogP) is 4.51. The Morgan fingerprint density at radius 1 is 1.15 bits per heavy atom. The Labute approximate surface area is 167 Å². The summed E-state index contributed by atoms with van der Waals surface area (Å²) in [5.41, 5.74) is 0.977. The zero-order chi connectivity index (χ0) is 19.5. The van der Waals surface area contributed by atoms with Gasteiger partial charge in [0, 0.05) is 34.6 Å². The van der Waals surface area contributed by atoms with Gasteiger partial charge in [0.15, 0.2) is 0 Å². The molecule has 2 aromatic rings. The van der Waals surface area contributed by atoms with Crippen LogP contribution in [0.3, 0.4) is 0 Å². The fourth-order valence-corrected chi connectivity index (χ4v) is 4.53. The molecule has 0 aromatic heterocycles. The Bertz CT molecular complexity index is 957. The van der Waals surface area contributed by atoms with E-state index < -0.39 is 10.0 Å². The average Bonchev–Trinajstić information content (AvgIpc) is 2.56. The highest BCUT2D eigenvalue weighted by Gasteiger charge is 2.22. The fraction of sp³-hybridized carbons (Fsp3) is 0.176. The van der Waals surface area contributed by atoms with Crippen LogP contribution in [0.2, 0.25) is 10.0 Å². The number of aryl methyl sites for hydroxylation is 1. The fourth-order valence-electron chi connectivity index (χ4n) is 1.88. The van der Waals surface area contributed by atoms with Crippen LogP contribution in [0.25, 0.3) is 0 Å². The van der Waals surface area contributed by atoms with Crippen LogP contribution in [0.5, 0.6) is 0 Å². The number of carbonyl (C=O) groups excluding carboxylic acids is 1. The highest BCUT2D eigenvalue weighted by molar-refractivity contribution is 8.14. The molecule has 0 bridgehead atoms. The molecule has 0 unspecified atom stereocenters. The maximum absolute atomic E-state index is 12.6. The molecule has 0 atom stereocenters. The van der Waals surface area contributed by atoms with Crippen molar-refractivity contribution in [1.82, 2.24) is 4.90 Å². The summed E-state index contributed by atoms with van der Waals surface area (Å²) >= 11 is 12.7. The van der Waals surface area contributed by atoms with Crippen LogP contribution in [-0.4, -0.2) is 38.9 Å². The molecule has 0 fully saturated rings. The number of nitrogens with zero attached hydrogens (tertiary/aromatic N) is 2. The van der Waals surface area contributed by atoms with Crippen molar-refractivity contribution in [2.75, 3.05) is 14.1 Å². The Kier molecular flexibility index (Phi) is 6.74. The largest absolute Gasteiger partial charge is 0.368 e. The van der Waals surface area contributed by atoms with Crippen LogP contribution in [0.4, 0.5) is 0 Å². The first kappa shape index (κ1) is 20.8. The maximum Gasteiger partial charge on any atom is 0.284 e. The van der Waals surface area contributed by atoms with E-state index in [1.54, 1.807) is 45.3 Å². The molecule has 9 heteroatoms. The third-order valence-electron chi connectivity index (χ3n) is 3.20. The second-order valence-electron chi connectivity index (χ2n) is 5.60. The van der Waals surface area contributed by atoms with Crippen molar-refractivity contribution in [1.29, 1.82) is 0 Å². The van der Waals surface area contributed by atoms with Gasteiger partial charge < -0.3 is 4.90 Å². The van der Waals surface area contributed by atoms with Gasteiger partial charge in [0.25, 0.3) is 10.0 Å². The van der Waals surface area contributed by atoms with Crippen molar-refractivity contribution >= 4 is 56.4 Å². The van der Waals surface area contributed by atoms with Crippen molar-refractivity contribution in [3.63, 3.8) is 0 Å². The van der Waals surface area contributed by atoms with E-state index in [0.717, 1.165) is 11.8 Å². The third-order valence-corrected chi connectivity index (χ3v) is 6.23. The molecule has 2 rings (SSSR count). The second kappa shape index (κ2) is 8.43. The van der Waals surface area contributed by atoms with Gasteiger partial charge in [-0.1, -0.05) is 23.2 Å². The molecular formula is C17H16Cl2N2O3S2. The van der Waals surface area contributed by atoms with Crippen LogP contribution >= 0.6 is 35.0 Å². The van der Waals surface area contributed by atoms with E-state index in [0.29, 0.717) is 21.2 Å². The number of hydrogen-bond acceptors (Lipinski definition) is 4. The molecule has 138 valence electrons. The summed E-state index contributed by atoms with van der Waals surface area (Å²) in [5.74, 6) is 0. The molecule has 0 aliphatic rings. The minimum absolute atomic E-state index is 0.0650. The standard InChI is InChI=1S/C17H16Cl2N2O3S2/c1-11-8-16(26(23,24)20-10-21(2)3)15(9-14(11)19)25-17(22)12-4-6-13(18)7-5-12/h4-10H,1-3H3/b20-10+. The van der Waals surface area contributed by atoms with E-state index in [1.165, 1.54) is 23.4 Å². The highest BCUT2D eigenvalue weighted by atomic mass is 35.5. The minimum Gasteiger partial charge on any atom is -0.368 e. The van der Waals surface area contributed by atoms with E-state index in [9.17, 15) is 13.2 Å². The van der Waals surface area contributed by atoms with Crippen molar-refractivity contribution in [2.24, 2.45) is 4.40 Å². The number of halogens is 2. The first-order valence-electron chi connectivity index (χ1n) is 7.35. The van der Waals surface area contributed by atoms with E-state index in [2.05, 4.69) is 4.40 Å². The first-order chi connectivity index (χ1) is 12.1. The zero-order valence-corrected chi connectivity index (χ0v) is 17.4. The Morgan fingerprint density at radius 3 is 2.35 bits per heavy atom. The molecule has 0 aliphatic heterocycles. The molecule has 0 amide bonds. The molecule has 0 N–H and O–H groups in total. The van der Waals surface area contributed by atoms with Crippen LogP contribution in [-0.2, 0) is 10.0 Å². The molecule has 0 radical (unpaired) electrons. The monoisotopic (exact) mass is 430 g/mol. The van der Waals surface area contributed by atoms with Gasteiger partial charge in [-0.05, 0) is 60.6 Å². The lowest BCUT2D eigenvalue weighted by Crippen LogP contribution is -2.11. The number of sulfonamides is 1. The number of thioether (sulfide) groups is 1.